The third kappa shape index (κ3) is 84.4. The minimum atomic E-state index is 1.06. The molecule has 0 aliphatic heterocycles. The molecule has 2 N–H and O–H groups in total. The standard InChI is InChI=1S/CH2N106O/c2-4-6-8-10-12-14-16-18-20-22-24-26-28-30-32-34-36-38-40-42-44-46-48-50-52-54-56-58-60-62-64-66-68-70-72-74-76-78-80-82-84-86-88-90-92-94-96-98-100-102-104-106-107-105-103-101-99-97-95-93-91-89-87-85-83-81-79-77-75-73-71-69-67-65-63-61-59-57-55-53-51-49-47-45-43-41-39-37-35-33-31-29-27-25-23-21-19-17-15-13-11-9-7-5-3-1-108/h(H2,2,5,6,9,10,13,14,17,18,21,22,25,26,29,30,33,34,37,38,41,42,45,46,49,50,53,54,57,58,61,62,65,66,69,70,73,74,77,78,81,82,85,86,89,90,93,94,97,98,101,102,105,106). The molecule has 0 fully saturated rings. The van der Waals surface area contributed by atoms with Gasteiger partial charge in [-0.2, -0.15) is 0 Å². The van der Waals surface area contributed by atoms with Gasteiger partial charge in [-0.25, -0.2) is 4.79 Å². The third-order valence-electron chi connectivity index (χ3n) is 4.22. The molecule has 0 aliphatic rings. The first-order valence-electron chi connectivity index (χ1n) is 21.5. The van der Waals surface area contributed by atoms with Gasteiger partial charge in [-0.1, -0.05) is 5.22 Å². The van der Waals surface area contributed by atoms with E-state index in [2.05, 4.69) is 554 Å². The van der Waals surface area contributed by atoms with E-state index < -0.39 is 0 Å². The van der Waals surface area contributed by atoms with Crippen molar-refractivity contribution in [2.75, 3.05) is 0 Å². The van der Waals surface area contributed by atoms with E-state index in [-0.39, 0.29) is 0 Å². The molecule has 108 heavy (non-hydrogen) atoms. The summed E-state index contributed by atoms with van der Waals surface area (Å²) >= 11 is 0. The Morgan fingerprint density at radius 1 is 0.0926 bits per heavy atom. The van der Waals surface area contributed by atoms with E-state index in [1.165, 1.54) is 0 Å². The molecule has 0 aliphatic carbocycles. The van der Waals surface area contributed by atoms with Gasteiger partial charge < -0.3 is 5.84 Å². The van der Waals surface area contributed by atoms with E-state index in [0.29, 0.717) is 0 Å². The maximum absolute atomic E-state index is 9.67. The summed E-state index contributed by atoms with van der Waals surface area (Å²) < 4.78 is 0. The Morgan fingerprint density at radius 3 is 0.204 bits per heavy atom. The first-order valence-corrected chi connectivity index (χ1v) is 21.5. The maximum atomic E-state index is 9.67. The number of rotatable bonds is 52. The van der Waals surface area contributed by atoms with Crippen LogP contribution in [-0.2, 0) is 4.79 Å². The van der Waals surface area contributed by atoms with Crippen LogP contribution < -0.4 is 5.84 Å². The molecule has 542 valence electrons. The van der Waals surface area contributed by atoms with Crippen molar-refractivity contribution in [3.63, 3.8) is 0 Å². The Labute approximate surface area is 565 Å². The van der Waals surface area contributed by atoms with Gasteiger partial charge in [0.25, 0.3) is 6.08 Å². The Morgan fingerprint density at radius 2 is 0.148 bits per heavy atom. The fourth-order valence-electron chi connectivity index (χ4n) is 1.87. The Balaban J connectivity index is 4.13. The SMILES string of the molecule is N/N=N/N=N/N=N/N=N/N=N/N=N/N=N/N=N/N=N/N=N/N=N/N=N/N=N/N=N/N=N/N=N/N=N/N=N/N=N/N=N/N=N/N=N/N=N/N=N/N=N/N=N/N=N/N=N/N=N/N=N/N=N/N=N/N=N/N=N/N=N/N=N/N=N/N=N/N=N/N=N/N=N/N=N/N=N/N=N/N=N/N=N/N=N/N=N/N=N/N=N/N=N/N=N/N=C=O. The predicted octanol–water partition coefficient (Wildman–Crippen LogP) is 18.3. The van der Waals surface area contributed by atoms with Gasteiger partial charge in [0.2, 0.25) is 0 Å². The van der Waals surface area contributed by atoms with Crippen molar-refractivity contribution in [3.8, 4) is 0 Å². The smallest absolute Gasteiger partial charge is 0.261 e. The second-order valence-electron chi connectivity index (χ2n) is 9.52. The van der Waals surface area contributed by atoms with Crippen LogP contribution in [-0.4, -0.2) is 6.08 Å². The third-order valence-corrected chi connectivity index (χ3v) is 4.22. The highest BCUT2D eigenvalue weighted by atomic mass is 16.1. The fraction of sp³-hybridized carbons (Fsp3) is 0. The van der Waals surface area contributed by atoms with E-state index in [1.54, 1.807) is 0 Å². The molecule has 0 aromatic heterocycles. The lowest BCUT2D eigenvalue weighted by Gasteiger charge is -1.71. The summed E-state index contributed by atoms with van der Waals surface area (Å²) in [7, 11) is 0. The van der Waals surface area contributed by atoms with Crippen molar-refractivity contribution in [2.24, 2.45) is 554 Å². The van der Waals surface area contributed by atoms with Gasteiger partial charge in [0.05, 0.1) is 0 Å². The monoisotopic (exact) mass is 1510 g/mol. The molecule has 107 heteroatoms. The van der Waals surface area contributed by atoms with Crippen molar-refractivity contribution in [2.45, 2.75) is 0 Å². The normalized spacial score (nSPS) is 15.6. The molecule has 0 aromatic rings. The van der Waals surface area contributed by atoms with Gasteiger partial charge in [-0.05, 0) is 83.5 Å². The van der Waals surface area contributed by atoms with E-state index in [0.717, 1.165) is 6.08 Å². The molecule has 0 heterocycles. The average Bonchev–Trinajstić information content (AvgIpc) is 3.89. The summed E-state index contributed by atoms with van der Waals surface area (Å²) in [6, 6.07) is 0. The highest BCUT2D eigenvalue weighted by Gasteiger charge is 1.81. The highest BCUT2D eigenvalue weighted by molar-refractivity contribution is 5.31. The van der Waals surface area contributed by atoms with E-state index >= 15 is 0 Å². The maximum Gasteiger partial charge on any atom is 0.261 e. The quantitative estimate of drug-likeness (QED) is 0.0204. The van der Waals surface area contributed by atoms with Crippen molar-refractivity contribution in [3.05, 3.63) is 0 Å². The van der Waals surface area contributed by atoms with Crippen LogP contribution in [0.5, 0.6) is 0 Å². The molecule has 0 radical (unpaired) electrons. The van der Waals surface area contributed by atoms with Crippen LogP contribution in [0, 0.1) is 0 Å². The molecule has 107 nitrogen and oxygen atoms in total. The number of hydrogen-bond donors (Lipinski definition) is 1. The molecule has 0 unspecified atom stereocenters. The number of nitrogens with two attached hydrogens (primary N) is 1. The van der Waals surface area contributed by atoms with Gasteiger partial charge in [-0.3, -0.25) is 0 Å². The van der Waals surface area contributed by atoms with Gasteiger partial charge in [-0.15, -0.1) is 0 Å². The van der Waals surface area contributed by atoms with Crippen LogP contribution in [0.4, 0.5) is 0 Å². The minimum absolute atomic E-state index is 1.06. The van der Waals surface area contributed by atoms with Crippen LogP contribution >= 0.6 is 0 Å². The molecule has 0 spiro atoms. The van der Waals surface area contributed by atoms with Gasteiger partial charge >= 0.3 is 0 Å². The highest BCUT2D eigenvalue weighted by Crippen LogP contribution is 1.99. The molecule has 0 atom stereocenters. The number of isocyanates is 1. The lowest BCUT2D eigenvalue weighted by molar-refractivity contribution is 0.562. The van der Waals surface area contributed by atoms with Crippen LogP contribution in [0.15, 0.2) is 548 Å². The zero-order valence-electron chi connectivity index (χ0n) is 48.4. The van der Waals surface area contributed by atoms with Crippen molar-refractivity contribution in [1.29, 1.82) is 0 Å². The van der Waals surface area contributed by atoms with Crippen LogP contribution in [0.25, 0.3) is 0 Å². The zero-order valence-corrected chi connectivity index (χ0v) is 48.4. The second kappa shape index (κ2) is 85.4. The Kier molecular flexibility index (Phi) is 68.3. The van der Waals surface area contributed by atoms with Crippen molar-refractivity contribution < 1.29 is 4.79 Å². The zero-order chi connectivity index (χ0) is 77.0. The molecule has 0 aromatic carbocycles. The number of hydrogen-bond acceptors (Lipinski definition) is 3. The second-order valence-corrected chi connectivity index (χ2v) is 9.52. The van der Waals surface area contributed by atoms with Crippen LogP contribution in [0.3, 0.4) is 0 Å². The lowest BCUT2D eigenvalue weighted by Crippen LogP contribution is -1.70. The molecular weight excluding hydrogens is 1510 g/mol. The van der Waals surface area contributed by atoms with E-state index in [4.69, 9.17) is 0 Å². The van der Waals surface area contributed by atoms with Crippen molar-refractivity contribution >= 4 is 6.08 Å². The lowest BCUT2D eigenvalue weighted by atomic mass is 11.6. The minimum Gasteiger partial charge on any atom is -0.303 e. The summed E-state index contributed by atoms with van der Waals surface area (Å²) in [5, 5.41) is 313. The summed E-state index contributed by atoms with van der Waals surface area (Å²) in [4.78, 5) is 9.67. The predicted molar refractivity (Wildman–Crippen MR) is 265 cm³/mol. The Hall–Kier alpha value is -21.6. The molecule has 0 amide bonds. The van der Waals surface area contributed by atoms with Gasteiger partial charge in [0, 0.05) is 460 Å². The van der Waals surface area contributed by atoms with Gasteiger partial charge in [0.1, 0.15) is 0 Å². The molecular formula is CH2N106O. The van der Waals surface area contributed by atoms with E-state index in [1.807, 2.05) is 0 Å². The first kappa shape index (κ1) is 86.4. The molecule has 0 rings (SSSR count). The molecule has 0 bridgehead atoms. The first-order chi connectivity index (χ1) is 53.9. The molecule has 0 saturated carbocycles. The van der Waals surface area contributed by atoms with Gasteiger partial charge in [0.15, 0.2) is 0 Å². The number of carbonyl (C=O) groups excluding carboxylic acids is 1. The Bertz CT molecular complexity index is 4080. The van der Waals surface area contributed by atoms with E-state index in [9.17, 15) is 4.79 Å². The summed E-state index contributed by atoms with van der Waals surface area (Å²) in [5.74, 6) is 4.64. The van der Waals surface area contributed by atoms with Crippen molar-refractivity contribution in [1.82, 2.24) is 0 Å². The summed E-state index contributed by atoms with van der Waals surface area (Å²) in [6.07, 6.45) is 1.06. The summed E-state index contributed by atoms with van der Waals surface area (Å²) in [6.45, 7) is 0. The molecule has 0 saturated heterocycles. The average molecular weight is 1510 g/mol. The van der Waals surface area contributed by atoms with Crippen LogP contribution in [0.1, 0.15) is 0 Å². The fourth-order valence-corrected chi connectivity index (χ4v) is 1.87. The topological polar surface area (TPSA) is 1340 Å². The largest absolute Gasteiger partial charge is 0.303 e. The number of nitrogens with zero attached hydrogens (tertiary/aromatic N) is 105. The summed E-state index contributed by atoms with van der Waals surface area (Å²) in [5.41, 5.74) is 0. The van der Waals surface area contributed by atoms with Crippen LogP contribution in [0.2, 0.25) is 0 Å².